The van der Waals surface area contributed by atoms with Crippen LogP contribution in [0.15, 0.2) is 12.3 Å². The van der Waals surface area contributed by atoms with E-state index in [-0.39, 0.29) is 6.61 Å². The zero-order valence-corrected chi connectivity index (χ0v) is 5.94. The van der Waals surface area contributed by atoms with Crippen molar-refractivity contribution >= 4 is 12.1 Å². The van der Waals surface area contributed by atoms with Crippen LogP contribution in [0.25, 0.3) is 0 Å². The Morgan fingerprint density at radius 2 is 2.55 bits per heavy atom. The van der Waals surface area contributed by atoms with Gasteiger partial charge in [-0.2, -0.15) is 0 Å². The van der Waals surface area contributed by atoms with E-state index in [0.29, 0.717) is 0 Å². The average Bonchev–Trinajstić information content (AvgIpc) is 1.93. The van der Waals surface area contributed by atoms with Crippen molar-refractivity contribution in [2.24, 2.45) is 0 Å². The van der Waals surface area contributed by atoms with Gasteiger partial charge in [-0.25, -0.2) is 9.59 Å². The Morgan fingerprint density at radius 1 is 1.82 bits per heavy atom. The normalized spacial score (nSPS) is 16.1. The third-order valence-electron chi connectivity index (χ3n) is 0.951. The molecule has 0 saturated carbocycles. The number of rotatable bonds is 1. The van der Waals surface area contributed by atoms with Gasteiger partial charge >= 0.3 is 12.1 Å². The first-order chi connectivity index (χ1) is 5.20. The summed E-state index contributed by atoms with van der Waals surface area (Å²) in [6, 6.07) is 0. The largest absolute Gasteiger partial charge is 0.447 e. The lowest BCUT2D eigenvalue weighted by Crippen LogP contribution is -2.31. The number of carbonyl (C=O) groups is 2. The summed E-state index contributed by atoms with van der Waals surface area (Å²) in [5.41, 5.74) is 0. The Bertz CT molecular complexity index is 211. The molecule has 5 heteroatoms. The molecule has 0 aromatic rings. The smallest absolute Gasteiger partial charge is 0.443 e. The summed E-state index contributed by atoms with van der Waals surface area (Å²) >= 11 is 0. The monoisotopic (exact) mass is 157 g/mol. The standard InChI is InChI=1S/C6H7NO4/c1-5(8)11-7-3-2-4-10-6(7)9/h2-3H,4H2,1H3. The van der Waals surface area contributed by atoms with Gasteiger partial charge in [0.15, 0.2) is 0 Å². The summed E-state index contributed by atoms with van der Waals surface area (Å²) in [7, 11) is 0. The number of hydroxylamine groups is 2. The quantitative estimate of drug-likeness (QED) is 0.553. The van der Waals surface area contributed by atoms with Crippen LogP contribution in [0.5, 0.6) is 0 Å². The van der Waals surface area contributed by atoms with E-state index in [9.17, 15) is 9.59 Å². The number of carbonyl (C=O) groups excluding carboxylic acids is 2. The molecule has 60 valence electrons. The molecule has 0 unspecified atom stereocenters. The van der Waals surface area contributed by atoms with Crippen LogP contribution < -0.4 is 0 Å². The molecule has 1 amide bonds. The van der Waals surface area contributed by atoms with Crippen LogP contribution in [0, 0.1) is 0 Å². The molecule has 0 fully saturated rings. The minimum Gasteiger partial charge on any atom is -0.443 e. The Labute approximate surface area is 63.1 Å². The minimum absolute atomic E-state index is 0.219. The van der Waals surface area contributed by atoms with Gasteiger partial charge in [-0.1, -0.05) is 0 Å². The van der Waals surface area contributed by atoms with E-state index in [0.717, 1.165) is 5.06 Å². The molecule has 1 aliphatic heterocycles. The van der Waals surface area contributed by atoms with Gasteiger partial charge in [0, 0.05) is 6.92 Å². The van der Waals surface area contributed by atoms with Gasteiger partial charge in [0.2, 0.25) is 0 Å². The highest BCUT2D eigenvalue weighted by molar-refractivity contribution is 5.72. The summed E-state index contributed by atoms with van der Waals surface area (Å²) in [5, 5.41) is 0.742. The maximum Gasteiger partial charge on any atom is 0.447 e. The summed E-state index contributed by atoms with van der Waals surface area (Å²) in [4.78, 5) is 25.5. The van der Waals surface area contributed by atoms with Crippen molar-refractivity contribution in [3.8, 4) is 0 Å². The van der Waals surface area contributed by atoms with Gasteiger partial charge in [0.1, 0.15) is 6.61 Å². The molecule has 5 nitrogen and oxygen atoms in total. The lowest BCUT2D eigenvalue weighted by Gasteiger charge is -2.18. The fourth-order valence-electron chi connectivity index (χ4n) is 0.589. The van der Waals surface area contributed by atoms with Gasteiger partial charge in [-0.05, 0) is 6.08 Å². The van der Waals surface area contributed by atoms with Crippen molar-refractivity contribution in [2.45, 2.75) is 6.92 Å². The molecule has 0 aromatic carbocycles. The first kappa shape index (κ1) is 7.59. The molecule has 0 aliphatic carbocycles. The van der Waals surface area contributed by atoms with Crippen molar-refractivity contribution in [1.82, 2.24) is 5.06 Å². The van der Waals surface area contributed by atoms with Gasteiger partial charge in [0.05, 0.1) is 6.20 Å². The molecule has 0 radical (unpaired) electrons. The van der Waals surface area contributed by atoms with Crippen molar-refractivity contribution in [3.05, 3.63) is 12.3 Å². The molecule has 1 rings (SSSR count). The van der Waals surface area contributed by atoms with E-state index in [1.165, 1.54) is 13.1 Å². The average molecular weight is 157 g/mol. The minimum atomic E-state index is -0.678. The second-order valence-corrected chi connectivity index (χ2v) is 1.87. The predicted molar refractivity (Wildman–Crippen MR) is 34.1 cm³/mol. The van der Waals surface area contributed by atoms with E-state index >= 15 is 0 Å². The number of nitrogens with zero attached hydrogens (tertiary/aromatic N) is 1. The molecule has 0 N–H and O–H groups in total. The maximum atomic E-state index is 10.7. The number of hydrogen-bond acceptors (Lipinski definition) is 4. The molecule has 0 aromatic heterocycles. The molecule has 1 aliphatic rings. The molecule has 0 spiro atoms. The fraction of sp³-hybridized carbons (Fsp3) is 0.333. The van der Waals surface area contributed by atoms with E-state index in [1.54, 1.807) is 6.08 Å². The lowest BCUT2D eigenvalue weighted by atomic mass is 10.6. The van der Waals surface area contributed by atoms with Crippen LogP contribution in [0.4, 0.5) is 4.79 Å². The first-order valence-electron chi connectivity index (χ1n) is 3.01. The zero-order valence-electron chi connectivity index (χ0n) is 5.94. The molecule has 0 saturated heterocycles. The number of ether oxygens (including phenoxy) is 1. The number of amides is 1. The van der Waals surface area contributed by atoms with Crippen molar-refractivity contribution < 1.29 is 19.2 Å². The van der Waals surface area contributed by atoms with Gasteiger partial charge in [0.25, 0.3) is 0 Å². The molecule has 11 heavy (non-hydrogen) atoms. The highest BCUT2D eigenvalue weighted by Crippen LogP contribution is 2.02. The van der Waals surface area contributed by atoms with Crippen LogP contribution in [-0.4, -0.2) is 23.7 Å². The van der Waals surface area contributed by atoms with Crippen LogP contribution in [0.3, 0.4) is 0 Å². The second kappa shape index (κ2) is 3.05. The van der Waals surface area contributed by atoms with Crippen molar-refractivity contribution in [2.75, 3.05) is 6.61 Å². The third kappa shape index (κ3) is 1.96. The van der Waals surface area contributed by atoms with Crippen LogP contribution in [-0.2, 0) is 14.4 Å². The SMILES string of the molecule is CC(=O)ON1C=CCOC1=O. The molecule has 1 heterocycles. The molecular formula is C6H7NO4. The number of cyclic esters (lactones) is 1. The fourth-order valence-corrected chi connectivity index (χ4v) is 0.589. The highest BCUT2D eigenvalue weighted by Gasteiger charge is 2.17. The molecule has 0 atom stereocenters. The Balaban J connectivity index is 2.55. The van der Waals surface area contributed by atoms with E-state index in [4.69, 9.17) is 0 Å². The summed E-state index contributed by atoms with van der Waals surface area (Å²) in [5.74, 6) is -0.562. The molecular weight excluding hydrogens is 150 g/mol. The van der Waals surface area contributed by atoms with Crippen molar-refractivity contribution in [1.29, 1.82) is 0 Å². The van der Waals surface area contributed by atoms with Crippen LogP contribution >= 0.6 is 0 Å². The van der Waals surface area contributed by atoms with E-state index < -0.39 is 12.1 Å². The van der Waals surface area contributed by atoms with Gasteiger partial charge in [-0.3, -0.25) is 0 Å². The van der Waals surface area contributed by atoms with Crippen molar-refractivity contribution in [3.63, 3.8) is 0 Å². The van der Waals surface area contributed by atoms with Gasteiger partial charge < -0.3 is 9.57 Å². The Hall–Kier alpha value is -1.52. The first-order valence-corrected chi connectivity index (χ1v) is 3.01. The summed E-state index contributed by atoms with van der Waals surface area (Å²) in [6.07, 6.45) is 2.22. The summed E-state index contributed by atoms with van der Waals surface area (Å²) in [6.45, 7) is 1.42. The molecule has 0 bridgehead atoms. The summed E-state index contributed by atoms with van der Waals surface area (Å²) < 4.78 is 4.51. The zero-order chi connectivity index (χ0) is 8.27. The van der Waals surface area contributed by atoms with E-state index in [1.807, 2.05) is 0 Å². The highest BCUT2D eigenvalue weighted by atomic mass is 16.8. The van der Waals surface area contributed by atoms with E-state index in [2.05, 4.69) is 9.57 Å². The second-order valence-electron chi connectivity index (χ2n) is 1.87. The predicted octanol–water partition coefficient (Wildman–Crippen LogP) is 0.430. The third-order valence-corrected chi connectivity index (χ3v) is 0.951. The Morgan fingerprint density at radius 3 is 3.09 bits per heavy atom. The van der Waals surface area contributed by atoms with Crippen LogP contribution in [0.1, 0.15) is 6.92 Å². The van der Waals surface area contributed by atoms with Crippen LogP contribution in [0.2, 0.25) is 0 Å². The topological polar surface area (TPSA) is 55.8 Å². The number of hydrogen-bond donors (Lipinski definition) is 0. The Kier molecular flexibility index (Phi) is 2.10. The van der Waals surface area contributed by atoms with Gasteiger partial charge in [-0.15, -0.1) is 5.06 Å². The lowest BCUT2D eigenvalue weighted by molar-refractivity contribution is -0.170. The maximum absolute atomic E-state index is 10.7.